The number of hydrogen-bond donors (Lipinski definition) is 0. The van der Waals surface area contributed by atoms with Gasteiger partial charge in [-0.3, -0.25) is 0 Å². The molecule has 1 aliphatic heterocycles. The second-order valence-electron chi connectivity index (χ2n) is 3.87. The predicted octanol–water partition coefficient (Wildman–Crippen LogP) is 3.08. The SMILES string of the molecule is [c]1cccc(N2C=C3CC=CC=C3C2)c1. The molecule has 0 atom stereocenters. The Bertz CT molecular complexity index is 451. The Kier molecular flexibility index (Phi) is 1.95. The van der Waals surface area contributed by atoms with Crippen LogP contribution in [-0.4, -0.2) is 6.54 Å². The zero-order valence-electron chi connectivity index (χ0n) is 8.48. The molecule has 1 heterocycles. The molecule has 0 unspecified atom stereocenters. The number of nitrogens with zero attached hydrogens (tertiary/aromatic N) is 1. The molecule has 1 heteroatoms. The molecule has 0 amide bonds. The Hall–Kier alpha value is -1.76. The Labute approximate surface area is 90.0 Å². The van der Waals surface area contributed by atoms with Crippen LogP contribution in [0.3, 0.4) is 0 Å². The van der Waals surface area contributed by atoms with E-state index in [1.165, 1.54) is 16.8 Å². The largest absolute Gasteiger partial charge is 0.343 e. The maximum Gasteiger partial charge on any atom is 0.0479 e. The minimum absolute atomic E-state index is 0.998. The van der Waals surface area contributed by atoms with Gasteiger partial charge in [0.05, 0.1) is 0 Å². The molecule has 1 aliphatic carbocycles. The quantitative estimate of drug-likeness (QED) is 0.664. The zero-order chi connectivity index (χ0) is 10.1. The predicted molar refractivity (Wildman–Crippen MR) is 62.5 cm³/mol. The van der Waals surface area contributed by atoms with Crippen LogP contribution in [0.5, 0.6) is 0 Å². The Morgan fingerprint density at radius 1 is 1.27 bits per heavy atom. The summed E-state index contributed by atoms with van der Waals surface area (Å²) in [5, 5.41) is 0. The summed E-state index contributed by atoms with van der Waals surface area (Å²) in [6.45, 7) is 0.998. The number of allylic oxidation sites excluding steroid dienone is 3. The monoisotopic (exact) mass is 194 g/mol. The van der Waals surface area contributed by atoms with Gasteiger partial charge in [0.1, 0.15) is 0 Å². The normalized spacial score (nSPS) is 18.5. The van der Waals surface area contributed by atoms with Crippen molar-refractivity contribution < 1.29 is 0 Å². The van der Waals surface area contributed by atoms with Crippen molar-refractivity contribution in [3.63, 3.8) is 0 Å². The van der Waals surface area contributed by atoms with Crippen molar-refractivity contribution in [2.24, 2.45) is 0 Å². The first-order chi connectivity index (χ1) is 7.43. The molecule has 1 nitrogen and oxygen atoms in total. The lowest BCUT2D eigenvalue weighted by Crippen LogP contribution is -2.12. The fourth-order valence-electron chi connectivity index (χ4n) is 2.05. The maximum atomic E-state index is 3.11. The van der Waals surface area contributed by atoms with E-state index < -0.39 is 0 Å². The zero-order valence-corrected chi connectivity index (χ0v) is 8.48. The number of fused-ring (bicyclic) bond motifs is 1. The van der Waals surface area contributed by atoms with Crippen LogP contribution in [0.25, 0.3) is 0 Å². The van der Waals surface area contributed by atoms with Gasteiger partial charge in [-0.1, -0.05) is 30.4 Å². The van der Waals surface area contributed by atoms with Gasteiger partial charge in [-0.25, -0.2) is 0 Å². The molecule has 1 aromatic rings. The van der Waals surface area contributed by atoms with Gasteiger partial charge in [0, 0.05) is 18.4 Å². The van der Waals surface area contributed by atoms with Gasteiger partial charge in [-0.15, -0.1) is 0 Å². The number of rotatable bonds is 1. The summed E-state index contributed by atoms with van der Waals surface area (Å²) in [6, 6.07) is 11.2. The fourth-order valence-corrected chi connectivity index (χ4v) is 2.05. The molecule has 3 rings (SSSR count). The first kappa shape index (κ1) is 8.54. The van der Waals surface area contributed by atoms with Crippen molar-refractivity contribution >= 4 is 5.69 Å². The fraction of sp³-hybridized carbons (Fsp3) is 0.143. The van der Waals surface area contributed by atoms with Gasteiger partial charge in [0.2, 0.25) is 0 Å². The lowest BCUT2D eigenvalue weighted by molar-refractivity contribution is 1.10. The number of benzene rings is 1. The van der Waals surface area contributed by atoms with Gasteiger partial charge < -0.3 is 4.90 Å². The van der Waals surface area contributed by atoms with E-state index in [0.717, 1.165) is 13.0 Å². The maximum absolute atomic E-state index is 3.11. The summed E-state index contributed by atoms with van der Waals surface area (Å²) in [5.74, 6) is 0. The molecule has 1 radical (unpaired) electrons. The molecule has 15 heavy (non-hydrogen) atoms. The van der Waals surface area contributed by atoms with E-state index in [4.69, 9.17) is 0 Å². The molecule has 0 N–H and O–H groups in total. The van der Waals surface area contributed by atoms with Crippen molar-refractivity contribution in [1.29, 1.82) is 0 Å². The molecular formula is C14H12N. The van der Waals surface area contributed by atoms with Crippen LogP contribution in [0.4, 0.5) is 5.69 Å². The minimum atomic E-state index is 0.998. The smallest absolute Gasteiger partial charge is 0.0479 e. The third kappa shape index (κ3) is 1.50. The van der Waals surface area contributed by atoms with Crippen LogP contribution in [-0.2, 0) is 0 Å². The molecule has 0 fully saturated rings. The standard InChI is InChI=1S/C14H12N/c1-2-8-14(9-3-1)15-10-12-6-4-5-7-13(12)11-15/h1-2,4-6,8-9,11H,7,10H2. The minimum Gasteiger partial charge on any atom is -0.343 e. The molecule has 0 saturated heterocycles. The molecule has 0 saturated carbocycles. The molecule has 73 valence electrons. The van der Waals surface area contributed by atoms with Gasteiger partial charge in [0.15, 0.2) is 0 Å². The van der Waals surface area contributed by atoms with Crippen molar-refractivity contribution in [2.75, 3.05) is 11.4 Å². The second kappa shape index (κ2) is 3.43. The Morgan fingerprint density at radius 3 is 3.07 bits per heavy atom. The van der Waals surface area contributed by atoms with Crippen molar-refractivity contribution in [3.05, 3.63) is 65.9 Å². The van der Waals surface area contributed by atoms with E-state index in [-0.39, 0.29) is 0 Å². The van der Waals surface area contributed by atoms with Crippen LogP contribution >= 0.6 is 0 Å². The summed E-state index contributed by atoms with van der Waals surface area (Å²) < 4.78 is 0. The van der Waals surface area contributed by atoms with E-state index in [9.17, 15) is 0 Å². The summed E-state index contributed by atoms with van der Waals surface area (Å²) >= 11 is 0. The highest BCUT2D eigenvalue weighted by Crippen LogP contribution is 2.30. The van der Waals surface area contributed by atoms with Crippen LogP contribution < -0.4 is 4.90 Å². The summed E-state index contributed by atoms with van der Waals surface area (Å²) in [5.41, 5.74) is 4.11. The summed E-state index contributed by atoms with van der Waals surface area (Å²) in [4.78, 5) is 2.28. The van der Waals surface area contributed by atoms with E-state index in [2.05, 4.69) is 41.5 Å². The van der Waals surface area contributed by atoms with E-state index in [1.807, 2.05) is 18.2 Å². The molecular weight excluding hydrogens is 182 g/mol. The van der Waals surface area contributed by atoms with Crippen molar-refractivity contribution in [1.82, 2.24) is 0 Å². The van der Waals surface area contributed by atoms with Gasteiger partial charge >= 0.3 is 0 Å². The lowest BCUT2D eigenvalue weighted by Gasteiger charge is -2.14. The number of anilines is 1. The average Bonchev–Trinajstić information content (AvgIpc) is 2.74. The van der Waals surface area contributed by atoms with E-state index in [0.29, 0.717) is 0 Å². The number of hydrogen-bond acceptors (Lipinski definition) is 1. The van der Waals surface area contributed by atoms with E-state index >= 15 is 0 Å². The second-order valence-corrected chi connectivity index (χ2v) is 3.87. The van der Waals surface area contributed by atoms with Crippen LogP contribution in [0.1, 0.15) is 6.42 Å². The first-order valence-electron chi connectivity index (χ1n) is 5.23. The topological polar surface area (TPSA) is 3.24 Å². The summed E-state index contributed by atoms with van der Waals surface area (Å²) in [7, 11) is 0. The lowest BCUT2D eigenvalue weighted by atomic mass is 10.0. The van der Waals surface area contributed by atoms with Gasteiger partial charge in [0.25, 0.3) is 0 Å². The average molecular weight is 194 g/mol. The van der Waals surface area contributed by atoms with Crippen LogP contribution in [0, 0.1) is 6.07 Å². The molecule has 0 spiro atoms. The van der Waals surface area contributed by atoms with Gasteiger partial charge in [-0.2, -0.15) is 0 Å². The Morgan fingerprint density at radius 2 is 2.27 bits per heavy atom. The van der Waals surface area contributed by atoms with Crippen molar-refractivity contribution in [2.45, 2.75) is 6.42 Å². The molecule has 1 aromatic carbocycles. The summed E-state index contributed by atoms with van der Waals surface area (Å²) in [6.07, 6.45) is 9.88. The van der Waals surface area contributed by atoms with Crippen molar-refractivity contribution in [3.8, 4) is 0 Å². The highest BCUT2D eigenvalue weighted by Gasteiger charge is 2.18. The van der Waals surface area contributed by atoms with E-state index in [1.54, 1.807) is 0 Å². The molecule has 0 aromatic heterocycles. The third-order valence-corrected chi connectivity index (χ3v) is 2.86. The van der Waals surface area contributed by atoms with Gasteiger partial charge in [-0.05, 0) is 35.8 Å². The third-order valence-electron chi connectivity index (χ3n) is 2.86. The highest BCUT2D eigenvalue weighted by molar-refractivity contribution is 5.59. The Balaban J connectivity index is 1.92. The van der Waals surface area contributed by atoms with Crippen LogP contribution in [0.2, 0.25) is 0 Å². The first-order valence-corrected chi connectivity index (χ1v) is 5.23. The molecule has 0 bridgehead atoms. The van der Waals surface area contributed by atoms with Crippen LogP contribution in [0.15, 0.2) is 59.8 Å². The highest BCUT2D eigenvalue weighted by atomic mass is 15.1. The molecule has 2 aliphatic rings.